The highest BCUT2D eigenvalue weighted by Gasteiger charge is 2.39. The van der Waals surface area contributed by atoms with Gasteiger partial charge in [-0.15, -0.1) is 0 Å². The number of nitrogens with zero attached hydrogens (tertiary/aromatic N) is 3. The van der Waals surface area contributed by atoms with Gasteiger partial charge in [0.1, 0.15) is 0 Å². The summed E-state index contributed by atoms with van der Waals surface area (Å²) in [5, 5.41) is 42.4. The Bertz CT molecular complexity index is 1200. The second kappa shape index (κ2) is 11.9. The first-order valence-corrected chi connectivity index (χ1v) is 13.2. The van der Waals surface area contributed by atoms with E-state index in [-0.39, 0.29) is 18.9 Å². The SMILES string of the molecule is CC(C)CN(C[C@@H](O)[C@H](Cc1ccccc1)N(C(=O)O)C(C)(C)C)S(=O)(=O)c1ccc(O)c([N+](=O)[O-])c1. The standard InChI is InChI=1S/C25H35N3O8S/c1-17(2)15-26(37(35,36)19-11-12-22(29)21(14-19)28(33)34)16-23(30)20(13-18-9-7-6-8-10-18)27(24(31)32)25(3,4)5/h6-12,14,17,20,23,29-30H,13,15-16H2,1-5H3,(H,31,32)/t20-,23+/m0/s1. The molecule has 0 aliphatic rings. The summed E-state index contributed by atoms with van der Waals surface area (Å²) in [6.07, 6.45) is -2.57. The number of carbonyl (C=O) groups is 1. The number of aliphatic hydroxyl groups is 1. The summed E-state index contributed by atoms with van der Waals surface area (Å²) in [5.74, 6) is -0.857. The minimum absolute atomic E-state index is 0.0330. The number of phenols is 1. The zero-order valence-corrected chi connectivity index (χ0v) is 22.4. The molecule has 0 saturated carbocycles. The number of sulfonamides is 1. The minimum atomic E-state index is -4.36. The third-order valence-corrected chi connectivity index (χ3v) is 7.56. The molecule has 0 bridgehead atoms. The number of amides is 1. The molecule has 0 spiro atoms. The van der Waals surface area contributed by atoms with Crippen LogP contribution in [0.2, 0.25) is 0 Å². The summed E-state index contributed by atoms with van der Waals surface area (Å²) < 4.78 is 28.1. The number of hydrogen-bond donors (Lipinski definition) is 3. The first-order valence-electron chi connectivity index (χ1n) is 11.8. The highest BCUT2D eigenvalue weighted by atomic mass is 32.2. The van der Waals surface area contributed by atoms with Crippen molar-refractivity contribution in [1.82, 2.24) is 9.21 Å². The van der Waals surface area contributed by atoms with Gasteiger partial charge in [0, 0.05) is 24.7 Å². The van der Waals surface area contributed by atoms with Gasteiger partial charge < -0.3 is 15.3 Å². The van der Waals surface area contributed by atoms with E-state index in [4.69, 9.17) is 0 Å². The maximum Gasteiger partial charge on any atom is 0.408 e. The number of nitro groups is 1. The monoisotopic (exact) mass is 537 g/mol. The maximum atomic E-state index is 13.6. The van der Waals surface area contributed by atoms with Crippen molar-refractivity contribution in [3.63, 3.8) is 0 Å². The fraction of sp³-hybridized carbons (Fsp3) is 0.480. The van der Waals surface area contributed by atoms with Gasteiger partial charge in [-0.2, -0.15) is 4.31 Å². The van der Waals surface area contributed by atoms with E-state index in [0.717, 1.165) is 33.0 Å². The number of aromatic hydroxyl groups is 1. The van der Waals surface area contributed by atoms with Crippen LogP contribution in [0.1, 0.15) is 40.2 Å². The molecule has 0 aromatic heterocycles. The Morgan fingerprint density at radius 2 is 1.68 bits per heavy atom. The lowest BCUT2D eigenvalue weighted by Crippen LogP contribution is -2.58. The summed E-state index contributed by atoms with van der Waals surface area (Å²) in [6, 6.07) is 10.7. The maximum absolute atomic E-state index is 13.6. The quantitative estimate of drug-likeness (QED) is 0.289. The van der Waals surface area contributed by atoms with Crippen molar-refractivity contribution in [3.8, 4) is 5.75 Å². The Morgan fingerprint density at radius 1 is 1.08 bits per heavy atom. The fourth-order valence-corrected chi connectivity index (χ4v) is 5.79. The van der Waals surface area contributed by atoms with E-state index in [1.165, 1.54) is 0 Å². The van der Waals surface area contributed by atoms with Crippen LogP contribution in [0, 0.1) is 16.0 Å². The molecule has 2 atom stereocenters. The van der Waals surface area contributed by atoms with Gasteiger partial charge >= 0.3 is 11.8 Å². The van der Waals surface area contributed by atoms with Gasteiger partial charge in [-0.05, 0) is 50.8 Å². The molecule has 0 heterocycles. The fourth-order valence-electron chi connectivity index (χ4n) is 4.15. The molecule has 1 amide bonds. The van der Waals surface area contributed by atoms with E-state index in [0.29, 0.717) is 0 Å². The molecule has 2 aromatic rings. The number of benzene rings is 2. The molecule has 11 nitrogen and oxygen atoms in total. The average molecular weight is 538 g/mol. The summed E-state index contributed by atoms with van der Waals surface area (Å²) in [5.41, 5.74) is -0.918. The molecule has 204 valence electrons. The lowest BCUT2D eigenvalue weighted by Gasteiger charge is -2.42. The predicted molar refractivity (Wildman–Crippen MR) is 138 cm³/mol. The largest absolute Gasteiger partial charge is 0.502 e. The number of phenolic OH excluding ortho intramolecular Hbond substituents is 1. The molecule has 2 rings (SSSR count). The number of rotatable bonds is 11. The average Bonchev–Trinajstić information content (AvgIpc) is 2.77. The van der Waals surface area contributed by atoms with Crippen LogP contribution in [-0.4, -0.2) is 74.7 Å². The summed E-state index contributed by atoms with van der Waals surface area (Å²) in [7, 11) is -4.36. The third-order valence-electron chi connectivity index (χ3n) is 5.73. The second-order valence-corrected chi connectivity index (χ2v) is 12.2. The highest BCUT2D eigenvalue weighted by Crippen LogP contribution is 2.31. The zero-order chi connectivity index (χ0) is 28.1. The molecular formula is C25H35N3O8S. The van der Waals surface area contributed by atoms with Crippen molar-refractivity contribution in [1.29, 1.82) is 0 Å². The second-order valence-electron chi connectivity index (χ2n) is 10.3. The van der Waals surface area contributed by atoms with Gasteiger partial charge in [-0.1, -0.05) is 44.2 Å². The molecule has 0 saturated heterocycles. The van der Waals surface area contributed by atoms with Crippen molar-refractivity contribution < 1.29 is 33.5 Å². The molecule has 2 aromatic carbocycles. The van der Waals surface area contributed by atoms with Crippen LogP contribution >= 0.6 is 0 Å². The Hall–Kier alpha value is -3.22. The van der Waals surface area contributed by atoms with Crippen LogP contribution in [-0.2, 0) is 16.4 Å². The van der Waals surface area contributed by atoms with Crippen molar-refractivity contribution in [2.75, 3.05) is 13.1 Å². The van der Waals surface area contributed by atoms with Gasteiger partial charge in [-0.3, -0.25) is 15.0 Å². The lowest BCUT2D eigenvalue weighted by atomic mass is 9.94. The van der Waals surface area contributed by atoms with E-state index in [9.17, 15) is 38.6 Å². The van der Waals surface area contributed by atoms with E-state index >= 15 is 0 Å². The van der Waals surface area contributed by atoms with E-state index in [2.05, 4.69) is 0 Å². The molecule has 3 N–H and O–H groups in total. The van der Waals surface area contributed by atoms with Crippen molar-refractivity contribution in [2.45, 2.75) is 63.6 Å². The summed E-state index contributed by atoms with van der Waals surface area (Å²) in [6.45, 7) is 8.11. The van der Waals surface area contributed by atoms with E-state index in [1.807, 2.05) is 0 Å². The van der Waals surface area contributed by atoms with Crippen LogP contribution in [0.3, 0.4) is 0 Å². The van der Waals surface area contributed by atoms with E-state index in [1.54, 1.807) is 65.0 Å². The first kappa shape index (κ1) is 30.0. The van der Waals surface area contributed by atoms with Crippen molar-refractivity contribution >= 4 is 21.8 Å². The van der Waals surface area contributed by atoms with Crippen LogP contribution in [0.25, 0.3) is 0 Å². The predicted octanol–water partition coefficient (Wildman–Crippen LogP) is 3.70. The number of hydrogen-bond acceptors (Lipinski definition) is 7. The normalized spacial score (nSPS) is 13.9. The molecule has 0 unspecified atom stereocenters. The molecule has 37 heavy (non-hydrogen) atoms. The first-order chi connectivity index (χ1) is 17.1. The summed E-state index contributed by atoms with van der Waals surface area (Å²) >= 11 is 0. The van der Waals surface area contributed by atoms with Gasteiger partial charge in [0.25, 0.3) is 0 Å². The molecule has 0 aliphatic carbocycles. The Morgan fingerprint density at radius 3 is 2.16 bits per heavy atom. The Kier molecular flexibility index (Phi) is 9.64. The molecule has 12 heteroatoms. The third kappa shape index (κ3) is 7.63. The van der Waals surface area contributed by atoms with Crippen LogP contribution in [0.4, 0.5) is 10.5 Å². The van der Waals surface area contributed by atoms with Crippen molar-refractivity contribution in [2.24, 2.45) is 5.92 Å². The Balaban J connectivity index is 2.53. The van der Waals surface area contributed by atoms with Crippen LogP contribution < -0.4 is 0 Å². The van der Waals surface area contributed by atoms with Gasteiger partial charge in [0.05, 0.1) is 22.0 Å². The smallest absolute Gasteiger partial charge is 0.408 e. The molecule has 0 fully saturated rings. The van der Waals surface area contributed by atoms with Crippen LogP contribution in [0.15, 0.2) is 53.4 Å². The minimum Gasteiger partial charge on any atom is -0.502 e. The molecule has 0 aliphatic heterocycles. The van der Waals surface area contributed by atoms with Crippen LogP contribution in [0.5, 0.6) is 5.75 Å². The lowest BCUT2D eigenvalue weighted by molar-refractivity contribution is -0.386. The topological polar surface area (TPSA) is 162 Å². The summed E-state index contributed by atoms with van der Waals surface area (Å²) in [4.78, 5) is 23.4. The number of carboxylic acid groups (broad SMARTS) is 1. The highest BCUT2D eigenvalue weighted by molar-refractivity contribution is 7.89. The number of nitro benzene ring substituents is 1. The zero-order valence-electron chi connectivity index (χ0n) is 21.6. The number of aliphatic hydroxyl groups excluding tert-OH is 1. The molecule has 0 radical (unpaired) electrons. The van der Waals surface area contributed by atoms with E-state index < -0.39 is 61.6 Å². The van der Waals surface area contributed by atoms with Gasteiger partial charge in [-0.25, -0.2) is 13.2 Å². The van der Waals surface area contributed by atoms with Crippen molar-refractivity contribution in [3.05, 3.63) is 64.2 Å². The van der Waals surface area contributed by atoms with Gasteiger partial charge in [0.2, 0.25) is 10.0 Å². The van der Waals surface area contributed by atoms with Gasteiger partial charge in [0.15, 0.2) is 5.75 Å². The Labute approximate surface area is 217 Å². The molecular weight excluding hydrogens is 502 g/mol.